The second-order valence-electron chi connectivity index (χ2n) is 5.55. The predicted octanol–water partition coefficient (Wildman–Crippen LogP) is 2.46. The summed E-state index contributed by atoms with van der Waals surface area (Å²) in [4.78, 5) is 4.64. The number of hydrogen-bond acceptors (Lipinski definition) is 4. The minimum Gasteiger partial charge on any atom is -0.383 e. The number of nitrogens with zero attached hydrogens (tertiary/aromatic N) is 3. The minimum absolute atomic E-state index is 0.666. The Hall–Kier alpha value is -1.86. The Labute approximate surface area is 147 Å². The Kier molecular flexibility index (Phi) is 7.27. The Morgan fingerprint density at radius 1 is 1.38 bits per heavy atom. The second-order valence-corrected chi connectivity index (χ2v) is 6.33. The molecule has 0 unspecified atom stereocenters. The summed E-state index contributed by atoms with van der Waals surface area (Å²) in [5.74, 6) is 0.826. The number of aromatic nitrogens is 2. The van der Waals surface area contributed by atoms with Gasteiger partial charge < -0.3 is 15.4 Å². The largest absolute Gasteiger partial charge is 0.383 e. The van der Waals surface area contributed by atoms with Crippen LogP contribution in [-0.2, 0) is 24.4 Å². The van der Waals surface area contributed by atoms with Crippen LogP contribution in [0.15, 0.2) is 21.8 Å². The zero-order valence-corrected chi connectivity index (χ0v) is 15.7. The van der Waals surface area contributed by atoms with Crippen LogP contribution in [0.3, 0.4) is 0 Å². The van der Waals surface area contributed by atoms with E-state index in [1.807, 2.05) is 11.6 Å². The summed E-state index contributed by atoms with van der Waals surface area (Å²) in [6.45, 7) is 9.88. The van der Waals surface area contributed by atoms with E-state index in [9.17, 15) is 0 Å². The van der Waals surface area contributed by atoms with Crippen LogP contribution in [0, 0.1) is 13.8 Å². The fourth-order valence-electron chi connectivity index (χ4n) is 2.45. The van der Waals surface area contributed by atoms with Crippen LogP contribution < -0.4 is 10.6 Å². The molecule has 2 aromatic rings. The van der Waals surface area contributed by atoms with Gasteiger partial charge in [0.1, 0.15) is 0 Å². The molecular weight excluding hydrogens is 322 g/mol. The van der Waals surface area contributed by atoms with Crippen molar-refractivity contribution in [1.29, 1.82) is 0 Å². The highest BCUT2D eigenvalue weighted by atomic mass is 32.1. The SMILES string of the molecule is CCNC(=NCc1ccsc1)NCc1c(C)nn(CCOC)c1C. The molecule has 0 saturated carbocycles. The van der Waals surface area contributed by atoms with Crippen molar-refractivity contribution < 1.29 is 4.74 Å². The summed E-state index contributed by atoms with van der Waals surface area (Å²) in [6, 6.07) is 2.10. The van der Waals surface area contributed by atoms with Gasteiger partial charge in [0.25, 0.3) is 0 Å². The van der Waals surface area contributed by atoms with E-state index >= 15 is 0 Å². The predicted molar refractivity (Wildman–Crippen MR) is 99.6 cm³/mol. The molecule has 2 aromatic heterocycles. The molecular formula is C17H27N5OS. The lowest BCUT2D eigenvalue weighted by Gasteiger charge is -2.11. The van der Waals surface area contributed by atoms with Gasteiger partial charge in [0.05, 0.1) is 25.4 Å². The number of nitrogens with one attached hydrogen (secondary N) is 2. The second kappa shape index (κ2) is 9.44. The van der Waals surface area contributed by atoms with E-state index in [1.54, 1.807) is 18.4 Å². The zero-order valence-electron chi connectivity index (χ0n) is 14.9. The molecule has 0 aliphatic carbocycles. The average molecular weight is 350 g/mol. The molecule has 0 atom stereocenters. The number of rotatable bonds is 8. The molecule has 2 N–H and O–H groups in total. The number of methoxy groups -OCH3 is 1. The Balaban J connectivity index is 2.00. The Morgan fingerprint density at radius 3 is 2.88 bits per heavy atom. The maximum atomic E-state index is 5.14. The van der Waals surface area contributed by atoms with Crippen molar-refractivity contribution in [2.45, 2.75) is 40.4 Å². The summed E-state index contributed by atoms with van der Waals surface area (Å²) in [5.41, 5.74) is 4.67. The van der Waals surface area contributed by atoms with Crippen LogP contribution in [0.2, 0.25) is 0 Å². The Morgan fingerprint density at radius 2 is 2.21 bits per heavy atom. The lowest BCUT2D eigenvalue weighted by atomic mass is 10.2. The standard InChI is InChI=1S/C17H27N5OS/c1-5-18-17(19-10-15-6-9-24-12-15)20-11-16-13(2)21-22(14(16)3)7-8-23-4/h6,9,12H,5,7-8,10-11H2,1-4H3,(H2,18,19,20). The normalized spacial score (nSPS) is 11.8. The molecule has 24 heavy (non-hydrogen) atoms. The summed E-state index contributed by atoms with van der Waals surface area (Å²) >= 11 is 1.70. The van der Waals surface area contributed by atoms with Crippen molar-refractivity contribution in [2.24, 2.45) is 4.99 Å². The fraction of sp³-hybridized carbons (Fsp3) is 0.529. The van der Waals surface area contributed by atoms with Crippen LogP contribution in [0.4, 0.5) is 0 Å². The van der Waals surface area contributed by atoms with Crippen LogP contribution in [0.1, 0.15) is 29.4 Å². The first kappa shape index (κ1) is 18.5. The monoisotopic (exact) mass is 349 g/mol. The van der Waals surface area contributed by atoms with E-state index in [1.165, 1.54) is 16.8 Å². The molecule has 0 aliphatic rings. The van der Waals surface area contributed by atoms with Gasteiger partial charge in [-0.2, -0.15) is 16.4 Å². The van der Waals surface area contributed by atoms with Gasteiger partial charge in [0, 0.05) is 31.5 Å². The third-order valence-corrected chi connectivity index (χ3v) is 4.55. The van der Waals surface area contributed by atoms with Gasteiger partial charge in [0.2, 0.25) is 0 Å². The minimum atomic E-state index is 0.666. The molecule has 0 radical (unpaired) electrons. The number of aryl methyl sites for hydroxylation is 1. The number of ether oxygens (including phenoxy) is 1. The van der Waals surface area contributed by atoms with Gasteiger partial charge in [-0.3, -0.25) is 4.68 Å². The first-order valence-corrected chi connectivity index (χ1v) is 9.15. The molecule has 0 bridgehead atoms. The summed E-state index contributed by atoms with van der Waals surface area (Å²) < 4.78 is 7.15. The van der Waals surface area contributed by atoms with E-state index in [4.69, 9.17) is 4.74 Å². The highest BCUT2D eigenvalue weighted by Gasteiger charge is 2.11. The number of hydrogen-bond donors (Lipinski definition) is 2. The quantitative estimate of drug-likeness (QED) is 0.568. The molecule has 7 heteroatoms. The van der Waals surface area contributed by atoms with Gasteiger partial charge >= 0.3 is 0 Å². The van der Waals surface area contributed by atoms with Crippen LogP contribution in [0.5, 0.6) is 0 Å². The smallest absolute Gasteiger partial charge is 0.191 e. The van der Waals surface area contributed by atoms with E-state index in [0.717, 1.165) is 24.7 Å². The molecule has 6 nitrogen and oxygen atoms in total. The van der Waals surface area contributed by atoms with Crippen molar-refractivity contribution in [1.82, 2.24) is 20.4 Å². The first-order valence-electron chi connectivity index (χ1n) is 8.20. The number of thiophene rings is 1. The third kappa shape index (κ3) is 5.07. The van der Waals surface area contributed by atoms with Crippen LogP contribution in [-0.4, -0.2) is 36.0 Å². The topological polar surface area (TPSA) is 63.5 Å². The maximum Gasteiger partial charge on any atom is 0.191 e. The number of guanidine groups is 1. The van der Waals surface area contributed by atoms with Crippen molar-refractivity contribution >= 4 is 17.3 Å². The zero-order chi connectivity index (χ0) is 17.4. The fourth-order valence-corrected chi connectivity index (χ4v) is 3.11. The van der Waals surface area contributed by atoms with Gasteiger partial charge in [0.15, 0.2) is 5.96 Å². The molecule has 2 heterocycles. The van der Waals surface area contributed by atoms with E-state index < -0.39 is 0 Å². The van der Waals surface area contributed by atoms with Gasteiger partial charge in [-0.15, -0.1) is 0 Å². The third-order valence-electron chi connectivity index (χ3n) is 3.82. The Bertz CT molecular complexity index is 648. The van der Waals surface area contributed by atoms with Crippen molar-refractivity contribution in [3.05, 3.63) is 39.3 Å². The lowest BCUT2D eigenvalue weighted by molar-refractivity contribution is 0.182. The molecule has 0 spiro atoms. The highest BCUT2D eigenvalue weighted by molar-refractivity contribution is 7.07. The molecule has 0 saturated heterocycles. The number of aliphatic imine (C=N–C) groups is 1. The summed E-state index contributed by atoms with van der Waals surface area (Å²) in [6.07, 6.45) is 0. The van der Waals surface area contributed by atoms with E-state index in [-0.39, 0.29) is 0 Å². The molecule has 0 aromatic carbocycles. The van der Waals surface area contributed by atoms with Crippen molar-refractivity contribution in [3.8, 4) is 0 Å². The average Bonchev–Trinajstić information content (AvgIpc) is 3.17. The molecule has 0 aliphatic heterocycles. The van der Waals surface area contributed by atoms with Gasteiger partial charge in [-0.25, -0.2) is 4.99 Å². The molecule has 0 amide bonds. The van der Waals surface area contributed by atoms with Crippen LogP contribution >= 0.6 is 11.3 Å². The van der Waals surface area contributed by atoms with E-state index in [0.29, 0.717) is 19.7 Å². The first-order chi connectivity index (χ1) is 11.7. The van der Waals surface area contributed by atoms with Crippen molar-refractivity contribution in [3.63, 3.8) is 0 Å². The van der Waals surface area contributed by atoms with Gasteiger partial charge in [-0.1, -0.05) is 0 Å². The van der Waals surface area contributed by atoms with Gasteiger partial charge in [-0.05, 0) is 43.2 Å². The van der Waals surface area contributed by atoms with Crippen LogP contribution in [0.25, 0.3) is 0 Å². The maximum absolute atomic E-state index is 5.14. The lowest BCUT2D eigenvalue weighted by Crippen LogP contribution is -2.37. The molecule has 2 rings (SSSR count). The molecule has 0 fully saturated rings. The highest BCUT2D eigenvalue weighted by Crippen LogP contribution is 2.13. The summed E-state index contributed by atoms with van der Waals surface area (Å²) in [5, 5.41) is 15.5. The van der Waals surface area contributed by atoms with Crippen molar-refractivity contribution in [2.75, 3.05) is 20.3 Å². The summed E-state index contributed by atoms with van der Waals surface area (Å²) in [7, 11) is 1.71. The van der Waals surface area contributed by atoms with E-state index in [2.05, 4.69) is 51.4 Å². The molecule has 132 valence electrons.